The molecule has 0 saturated carbocycles. The molecule has 1 saturated heterocycles. The fourth-order valence-electron chi connectivity index (χ4n) is 1.51. The Morgan fingerprint density at radius 1 is 1.79 bits per heavy atom. The lowest BCUT2D eigenvalue weighted by atomic mass is 9.99. The Balaban J connectivity index is 2.42. The first kappa shape index (κ1) is 10.6. The molecule has 4 nitrogen and oxygen atoms in total. The van der Waals surface area contributed by atoms with E-state index in [0.29, 0.717) is 12.8 Å². The molecular weight excluding hydrogens is 180 g/mol. The van der Waals surface area contributed by atoms with Crippen molar-refractivity contribution in [3.63, 3.8) is 0 Å². The molecule has 0 aromatic carbocycles. The first-order valence-electron chi connectivity index (χ1n) is 4.65. The zero-order valence-corrected chi connectivity index (χ0v) is 8.17. The lowest BCUT2D eigenvalue weighted by Gasteiger charge is -2.29. The smallest absolute Gasteiger partial charge is 0.232 e. The predicted molar refractivity (Wildman–Crippen MR) is 52.2 cm³/mol. The van der Waals surface area contributed by atoms with Crippen LogP contribution in [0.2, 0.25) is 0 Å². The van der Waals surface area contributed by atoms with E-state index in [2.05, 4.69) is 16.6 Å². The van der Waals surface area contributed by atoms with Gasteiger partial charge in [-0.05, 0) is 13.3 Å². The Labute approximate surface area is 83.4 Å². The second-order valence-corrected chi connectivity index (χ2v) is 3.45. The van der Waals surface area contributed by atoms with E-state index in [-0.39, 0.29) is 30.3 Å². The maximum absolute atomic E-state index is 11.2. The van der Waals surface area contributed by atoms with Crippen LogP contribution in [0.15, 0.2) is 0 Å². The van der Waals surface area contributed by atoms with Crippen molar-refractivity contribution >= 4 is 11.8 Å². The van der Waals surface area contributed by atoms with Crippen LogP contribution in [0.1, 0.15) is 26.2 Å². The van der Waals surface area contributed by atoms with E-state index in [9.17, 15) is 9.59 Å². The van der Waals surface area contributed by atoms with Gasteiger partial charge in [-0.25, -0.2) is 0 Å². The molecule has 0 radical (unpaired) electrons. The van der Waals surface area contributed by atoms with Crippen LogP contribution in [-0.4, -0.2) is 23.9 Å². The molecule has 1 aliphatic rings. The van der Waals surface area contributed by atoms with Gasteiger partial charge in [0.1, 0.15) is 0 Å². The van der Waals surface area contributed by atoms with Crippen molar-refractivity contribution in [1.82, 2.24) is 10.6 Å². The molecule has 0 spiro atoms. The molecule has 2 amide bonds. The van der Waals surface area contributed by atoms with E-state index in [0.717, 1.165) is 0 Å². The molecule has 1 rings (SSSR count). The van der Waals surface area contributed by atoms with Gasteiger partial charge < -0.3 is 10.6 Å². The Bertz CT molecular complexity index is 280. The summed E-state index contributed by atoms with van der Waals surface area (Å²) in [5.41, 5.74) is 0. The number of amides is 2. The van der Waals surface area contributed by atoms with Crippen molar-refractivity contribution in [2.75, 3.05) is 0 Å². The van der Waals surface area contributed by atoms with Gasteiger partial charge in [0.25, 0.3) is 0 Å². The Morgan fingerprint density at radius 2 is 2.50 bits per heavy atom. The third-order valence-electron chi connectivity index (χ3n) is 2.28. The summed E-state index contributed by atoms with van der Waals surface area (Å²) in [7, 11) is 0. The molecule has 2 atom stereocenters. The van der Waals surface area contributed by atoms with Crippen LogP contribution < -0.4 is 10.6 Å². The minimum absolute atomic E-state index is 0.00792. The fourth-order valence-corrected chi connectivity index (χ4v) is 1.51. The number of nitrogens with one attached hydrogen (secondary N) is 2. The van der Waals surface area contributed by atoms with Crippen LogP contribution in [0.4, 0.5) is 0 Å². The normalized spacial score (nSPS) is 26.1. The first-order valence-corrected chi connectivity index (χ1v) is 4.65. The van der Waals surface area contributed by atoms with Crippen molar-refractivity contribution in [1.29, 1.82) is 0 Å². The number of rotatable bonds is 2. The summed E-state index contributed by atoms with van der Waals surface area (Å²) < 4.78 is 0. The summed E-state index contributed by atoms with van der Waals surface area (Å²) in [4.78, 5) is 22.1. The third kappa shape index (κ3) is 2.77. The number of terminal acetylenes is 1. The summed E-state index contributed by atoms with van der Waals surface area (Å²) in [5.74, 6) is 2.17. The SMILES string of the molecule is C#CCC(=O)NC1CCC(=O)NC1C. The Hall–Kier alpha value is -1.50. The number of piperidine rings is 1. The van der Waals surface area contributed by atoms with E-state index < -0.39 is 0 Å². The molecule has 2 N–H and O–H groups in total. The lowest BCUT2D eigenvalue weighted by molar-refractivity contribution is -0.126. The van der Waals surface area contributed by atoms with Crippen molar-refractivity contribution in [2.45, 2.75) is 38.3 Å². The highest BCUT2D eigenvalue weighted by molar-refractivity contribution is 5.80. The highest BCUT2D eigenvalue weighted by Gasteiger charge is 2.25. The summed E-state index contributed by atoms with van der Waals surface area (Å²) in [6, 6.07) is -0.00785. The second-order valence-electron chi connectivity index (χ2n) is 3.45. The van der Waals surface area contributed by atoms with Crippen LogP contribution in [0.5, 0.6) is 0 Å². The summed E-state index contributed by atoms with van der Waals surface area (Å²) >= 11 is 0. The van der Waals surface area contributed by atoms with Crippen LogP contribution >= 0.6 is 0 Å². The molecule has 14 heavy (non-hydrogen) atoms. The van der Waals surface area contributed by atoms with E-state index in [1.807, 2.05) is 6.92 Å². The summed E-state index contributed by atoms with van der Waals surface area (Å²) in [5, 5.41) is 5.57. The summed E-state index contributed by atoms with van der Waals surface area (Å²) in [6.45, 7) is 1.87. The van der Waals surface area contributed by atoms with Crippen molar-refractivity contribution in [2.24, 2.45) is 0 Å². The van der Waals surface area contributed by atoms with Crippen LogP contribution in [0.3, 0.4) is 0 Å². The molecule has 76 valence electrons. The van der Waals surface area contributed by atoms with Crippen molar-refractivity contribution < 1.29 is 9.59 Å². The number of carbonyl (C=O) groups excluding carboxylic acids is 2. The maximum Gasteiger partial charge on any atom is 0.232 e. The van der Waals surface area contributed by atoms with Gasteiger partial charge in [-0.15, -0.1) is 6.42 Å². The van der Waals surface area contributed by atoms with Crippen molar-refractivity contribution in [3.05, 3.63) is 0 Å². The van der Waals surface area contributed by atoms with Gasteiger partial charge in [0.05, 0.1) is 6.42 Å². The Morgan fingerprint density at radius 3 is 3.07 bits per heavy atom. The van der Waals surface area contributed by atoms with Crippen LogP contribution in [0.25, 0.3) is 0 Å². The molecule has 1 aliphatic heterocycles. The van der Waals surface area contributed by atoms with Gasteiger partial charge in [-0.3, -0.25) is 9.59 Å². The second kappa shape index (κ2) is 4.66. The van der Waals surface area contributed by atoms with Gasteiger partial charge in [0.2, 0.25) is 11.8 Å². The largest absolute Gasteiger partial charge is 0.352 e. The van der Waals surface area contributed by atoms with E-state index >= 15 is 0 Å². The average Bonchev–Trinajstić information content (AvgIpc) is 2.10. The highest BCUT2D eigenvalue weighted by Crippen LogP contribution is 2.09. The molecule has 4 heteroatoms. The fraction of sp³-hybridized carbons (Fsp3) is 0.600. The molecular formula is C10H14N2O2. The van der Waals surface area contributed by atoms with E-state index in [1.54, 1.807) is 0 Å². The Kier molecular flexibility index (Phi) is 3.52. The van der Waals surface area contributed by atoms with Gasteiger partial charge in [0, 0.05) is 18.5 Å². The topological polar surface area (TPSA) is 58.2 Å². The standard InChI is InChI=1S/C10H14N2O2/c1-3-4-9(13)12-8-5-6-10(14)11-7(8)2/h1,7-8H,4-6H2,2H3,(H,11,14)(H,12,13). The molecule has 1 heterocycles. The number of hydrogen-bond donors (Lipinski definition) is 2. The van der Waals surface area contributed by atoms with Gasteiger partial charge >= 0.3 is 0 Å². The lowest BCUT2D eigenvalue weighted by Crippen LogP contribution is -2.53. The number of hydrogen-bond acceptors (Lipinski definition) is 2. The first-order chi connectivity index (χ1) is 6.63. The quantitative estimate of drug-likeness (QED) is 0.598. The maximum atomic E-state index is 11.2. The zero-order chi connectivity index (χ0) is 10.6. The molecule has 1 fully saturated rings. The molecule has 0 aromatic heterocycles. The molecule has 0 aromatic rings. The van der Waals surface area contributed by atoms with E-state index in [4.69, 9.17) is 6.42 Å². The van der Waals surface area contributed by atoms with Crippen LogP contribution in [0, 0.1) is 12.3 Å². The zero-order valence-electron chi connectivity index (χ0n) is 8.17. The van der Waals surface area contributed by atoms with Gasteiger partial charge in [-0.2, -0.15) is 0 Å². The predicted octanol–water partition coefficient (Wildman–Crippen LogP) is -0.207. The highest BCUT2D eigenvalue weighted by atomic mass is 16.2. The summed E-state index contributed by atoms with van der Waals surface area (Å²) in [6.07, 6.45) is 6.25. The van der Waals surface area contributed by atoms with Crippen LogP contribution in [-0.2, 0) is 9.59 Å². The van der Waals surface area contributed by atoms with Gasteiger partial charge in [0.15, 0.2) is 0 Å². The van der Waals surface area contributed by atoms with E-state index in [1.165, 1.54) is 0 Å². The third-order valence-corrected chi connectivity index (χ3v) is 2.28. The molecule has 0 aliphatic carbocycles. The minimum Gasteiger partial charge on any atom is -0.352 e. The monoisotopic (exact) mass is 194 g/mol. The minimum atomic E-state index is -0.152. The van der Waals surface area contributed by atoms with Crippen molar-refractivity contribution in [3.8, 4) is 12.3 Å². The average molecular weight is 194 g/mol. The molecule has 0 bridgehead atoms. The van der Waals surface area contributed by atoms with Gasteiger partial charge in [-0.1, -0.05) is 5.92 Å². The molecule has 2 unspecified atom stereocenters. The number of carbonyl (C=O) groups is 2.